The van der Waals surface area contributed by atoms with E-state index >= 15 is 0 Å². The summed E-state index contributed by atoms with van der Waals surface area (Å²) in [5.41, 5.74) is 3.31. The Labute approximate surface area is 163 Å². The summed E-state index contributed by atoms with van der Waals surface area (Å²) in [6, 6.07) is 12.3. The summed E-state index contributed by atoms with van der Waals surface area (Å²) in [6.45, 7) is 5.98. The van der Waals surface area contributed by atoms with Crippen molar-refractivity contribution in [3.63, 3.8) is 0 Å². The van der Waals surface area contributed by atoms with Crippen molar-refractivity contribution in [1.29, 1.82) is 0 Å². The smallest absolute Gasteiger partial charge is 0.240 e. The molecule has 7 heteroatoms. The van der Waals surface area contributed by atoms with E-state index in [9.17, 15) is 13.2 Å². The van der Waals surface area contributed by atoms with Crippen LogP contribution in [0.4, 0.5) is 0 Å². The van der Waals surface area contributed by atoms with Crippen molar-refractivity contribution in [2.24, 2.45) is 0 Å². The first-order chi connectivity index (χ1) is 12.2. The van der Waals surface area contributed by atoms with Gasteiger partial charge in [-0.3, -0.25) is 4.79 Å². The molecule has 1 unspecified atom stereocenters. The van der Waals surface area contributed by atoms with Crippen molar-refractivity contribution in [2.45, 2.75) is 38.1 Å². The van der Waals surface area contributed by atoms with Crippen LogP contribution in [0.25, 0.3) is 0 Å². The van der Waals surface area contributed by atoms with Gasteiger partial charge >= 0.3 is 0 Å². The predicted octanol–water partition coefficient (Wildman–Crippen LogP) is 3.61. The summed E-state index contributed by atoms with van der Waals surface area (Å²) >= 11 is 3.27. The van der Waals surface area contributed by atoms with Crippen LogP contribution in [0.3, 0.4) is 0 Å². The summed E-state index contributed by atoms with van der Waals surface area (Å²) in [5.74, 6) is -0.197. The van der Waals surface area contributed by atoms with Gasteiger partial charge in [-0.25, -0.2) is 13.1 Å². The highest BCUT2D eigenvalue weighted by atomic mass is 79.9. The van der Waals surface area contributed by atoms with Crippen LogP contribution >= 0.6 is 15.9 Å². The molecule has 0 aliphatic carbocycles. The van der Waals surface area contributed by atoms with E-state index in [-0.39, 0.29) is 29.8 Å². The van der Waals surface area contributed by atoms with Crippen LogP contribution in [0.1, 0.15) is 36.1 Å². The number of carbonyl (C=O) groups is 1. The van der Waals surface area contributed by atoms with Crippen molar-refractivity contribution in [1.82, 2.24) is 10.0 Å². The minimum absolute atomic E-state index is 0.0454. The molecule has 2 N–H and O–H groups in total. The van der Waals surface area contributed by atoms with Gasteiger partial charge < -0.3 is 5.32 Å². The monoisotopic (exact) mass is 438 g/mol. The molecule has 140 valence electrons. The summed E-state index contributed by atoms with van der Waals surface area (Å²) in [4.78, 5) is 12.3. The molecule has 0 aliphatic rings. The van der Waals surface area contributed by atoms with Crippen molar-refractivity contribution in [2.75, 3.05) is 6.54 Å². The minimum Gasteiger partial charge on any atom is -0.350 e. The zero-order valence-electron chi connectivity index (χ0n) is 15.0. The van der Waals surface area contributed by atoms with E-state index in [2.05, 4.69) is 32.0 Å². The highest BCUT2D eigenvalue weighted by Gasteiger charge is 2.15. The van der Waals surface area contributed by atoms with Crippen LogP contribution in [0.5, 0.6) is 0 Å². The number of aryl methyl sites for hydroxylation is 2. The van der Waals surface area contributed by atoms with Gasteiger partial charge in [-0.2, -0.15) is 0 Å². The average Bonchev–Trinajstić information content (AvgIpc) is 2.57. The molecule has 0 saturated heterocycles. The fourth-order valence-electron chi connectivity index (χ4n) is 2.61. The lowest BCUT2D eigenvalue weighted by Crippen LogP contribution is -2.32. The standard InChI is InChI=1S/C19H23BrN2O3S/c1-13-4-5-14(2)18(12-13)15(3)22-19(23)10-11-21-26(24,25)17-8-6-16(20)7-9-17/h4-9,12,15,21H,10-11H2,1-3H3,(H,22,23). The number of sulfonamides is 1. The van der Waals surface area contributed by atoms with E-state index in [1.165, 1.54) is 12.1 Å². The van der Waals surface area contributed by atoms with E-state index < -0.39 is 10.0 Å². The lowest BCUT2D eigenvalue weighted by atomic mass is 10.00. The van der Waals surface area contributed by atoms with Gasteiger partial charge in [0.05, 0.1) is 10.9 Å². The van der Waals surface area contributed by atoms with Crippen LogP contribution in [0, 0.1) is 13.8 Å². The van der Waals surface area contributed by atoms with Crippen LogP contribution in [0.2, 0.25) is 0 Å². The van der Waals surface area contributed by atoms with Crippen molar-refractivity contribution >= 4 is 31.9 Å². The number of carbonyl (C=O) groups excluding carboxylic acids is 1. The van der Waals surface area contributed by atoms with Gasteiger partial charge in [0.2, 0.25) is 15.9 Å². The Kier molecular flexibility index (Phi) is 6.97. The van der Waals surface area contributed by atoms with Crippen molar-refractivity contribution in [3.8, 4) is 0 Å². The quantitative estimate of drug-likeness (QED) is 0.692. The second-order valence-electron chi connectivity index (χ2n) is 6.25. The summed E-state index contributed by atoms with van der Waals surface area (Å²) < 4.78 is 27.6. The highest BCUT2D eigenvalue weighted by Crippen LogP contribution is 2.19. The number of hydrogen-bond acceptors (Lipinski definition) is 3. The van der Waals surface area contributed by atoms with Crippen LogP contribution in [0.15, 0.2) is 51.8 Å². The van der Waals surface area contributed by atoms with Crippen LogP contribution < -0.4 is 10.0 Å². The first kappa shape index (κ1) is 20.6. The molecule has 26 heavy (non-hydrogen) atoms. The fourth-order valence-corrected chi connectivity index (χ4v) is 3.91. The number of benzene rings is 2. The maximum absolute atomic E-state index is 12.2. The first-order valence-corrected chi connectivity index (χ1v) is 10.6. The number of halogens is 1. The first-order valence-electron chi connectivity index (χ1n) is 8.31. The summed E-state index contributed by atoms with van der Waals surface area (Å²) in [5, 5.41) is 2.92. The molecule has 5 nitrogen and oxygen atoms in total. The number of hydrogen-bond donors (Lipinski definition) is 2. The van der Waals surface area contributed by atoms with Gasteiger partial charge in [0.25, 0.3) is 0 Å². The van der Waals surface area contributed by atoms with Crippen LogP contribution in [-0.2, 0) is 14.8 Å². The van der Waals surface area contributed by atoms with E-state index in [4.69, 9.17) is 0 Å². The maximum Gasteiger partial charge on any atom is 0.240 e. The maximum atomic E-state index is 12.2. The van der Waals surface area contributed by atoms with E-state index in [0.717, 1.165) is 21.2 Å². The SMILES string of the molecule is Cc1ccc(C)c(C(C)NC(=O)CCNS(=O)(=O)c2ccc(Br)cc2)c1. The van der Waals surface area contributed by atoms with Gasteiger partial charge in [0, 0.05) is 17.4 Å². The van der Waals surface area contributed by atoms with Crippen molar-refractivity contribution in [3.05, 3.63) is 63.6 Å². The Morgan fingerprint density at radius 1 is 1.12 bits per heavy atom. The number of rotatable bonds is 7. The third-order valence-corrected chi connectivity index (χ3v) is 6.05. The molecule has 0 aromatic heterocycles. The van der Waals surface area contributed by atoms with E-state index in [1.54, 1.807) is 12.1 Å². The van der Waals surface area contributed by atoms with Crippen LogP contribution in [-0.4, -0.2) is 20.9 Å². The molecule has 0 heterocycles. The molecular formula is C19H23BrN2O3S. The Balaban J connectivity index is 1.88. The number of nitrogens with one attached hydrogen (secondary N) is 2. The molecule has 0 radical (unpaired) electrons. The largest absolute Gasteiger partial charge is 0.350 e. The minimum atomic E-state index is -3.62. The average molecular weight is 439 g/mol. The normalized spacial score (nSPS) is 12.6. The zero-order chi connectivity index (χ0) is 19.3. The highest BCUT2D eigenvalue weighted by molar-refractivity contribution is 9.10. The third-order valence-electron chi connectivity index (χ3n) is 4.05. The second-order valence-corrected chi connectivity index (χ2v) is 8.93. The molecule has 0 saturated carbocycles. The van der Waals surface area contributed by atoms with E-state index in [1.807, 2.05) is 32.9 Å². The Morgan fingerprint density at radius 3 is 2.42 bits per heavy atom. The van der Waals surface area contributed by atoms with E-state index in [0.29, 0.717) is 0 Å². The molecule has 0 aliphatic heterocycles. The molecule has 2 rings (SSSR count). The Hall–Kier alpha value is -1.70. The zero-order valence-corrected chi connectivity index (χ0v) is 17.4. The molecule has 2 aromatic carbocycles. The molecule has 0 fully saturated rings. The molecule has 1 atom stereocenters. The van der Waals surface area contributed by atoms with Gasteiger partial charge in [0.15, 0.2) is 0 Å². The second kappa shape index (κ2) is 8.79. The Bertz CT molecular complexity index is 880. The lowest BCUT2D eigenvalue weighted by Gasteiger charge is -2.17. The third kappa shape index (κ3) is 5.65. The Morgan fingerprint density at radius 2 is 1.77 bits per heavy atom. The lowest BCUT2D eigenvalue weighted by molar-refractivity contribution is -0.121. The topological polar surface area (TPSA) is 75.3 Å². The molecule has 0 spiro atoms. The predicted molar refractivity (Wildman–Crippen MR) is 106 cm³/mol. The van der Waals surface area contributed by atoms with Gasteiger partial charge in [0.1, 0.15) is 0 Å². The van der Waals surface area contributed by atoms with Gasteiger partial charge in [-0.1, -0.05) is 39.7 Å². The molecule has 2 aromatic rings. The fraction of sp³-hybridized carbons (Fsp3) is 0.316. The summed E-state index contributed by atoms with van der Waals surface area (Å²) in [7, 11) is -3.62. The van der Waals surface area contributed by atoms with Gasteiger partial charge in [-0.05, 0) is 56.2 Å². The molecular weight excluding hydrogens is 416 g/mol. The number of amides is 1. The van der Waals surface area contributed by atoms with Crippen molar-refractivity contribution < 1.29 is 13.2 Å². The summed E-state index contributed by atoms with van der Waals surface area (Å²) in [6.07, 6.45) is 0.0744. The molecule has 1 amide bonds. The molecule has 0 bridgehead atoms. The van der Waals surface area contributed by atoms with Gasteiger partial charge in [-0.15, -0.1) is 0 Å².